The van der Waals surface area contributed by atoms with Gasteiger partial charge in [-0.25, -0.2) is 0 Å². The first kappa shape index (κ1) is 13.4. The predicted octanol–water partition coefficient (Wildman–Crippen LogP) is 0.935. The molecule has 0 atom stereocenters. The molecule has 16 heavy (non-hydrogen) atoms. The van der Waals surface area contributed by atoms with E-state index in [1.165, 1.54) is 24.2 Å². The van der Waals surface area contributed by atoms with E-state index in [1.807, 2.05) is 23.2 Å². The first-order valence-corrected chi connectivity index (χ1v) is 6.02. The second-order valence-electron chi connectivity index (χ2n) is 3.88. The van der Waals surface area contributed by atoms with Crippen molar-refractivity contribution < 1.29 is 4.79 Å². The minimum Gasteiger partial charge on any atom is -0.327 e. The number of carbonyl (C=O) groups excluding carboxylic acids is 1. The van der Waals surface area contributed by atoms with Crippen molar-refractivity contribution in [2.24, 2.45) is 18.0 Å². The van der Waals surface area contributed by atoms with Gasteiger partial charge in [-0.3, -0.25) is 4.79 Å². The van der Waals surface area contributed by atoms with E-state index in [1.54, 1.807) is 0 Å². The quantitative estimate of drug-likeness (QED) is 0.877. The summed E-state index contributed by atoms with van der Waals surface area (Å²) in [5.41, 5.74) is 0. The predicted molar refractivity (Wildman–Crippen MR) is 66.7 cm³/mol. The van der Waals surface area contributed by atoms with E-state index >= 15 is 0 Å². The van der Waals surface area contributed by atoms with Gasteiger partial charge < -0.3 is 9.88 Å². The minimum atomic E-state index is -0.0892. The molecular formula is C10H16ClN3OS. The Morgan fingerprint density at radius 2 is 2.44 bits per heavy atom. The maximum absolute atomic E-state index is 11.4. The number of nitrogens with one attached hydrogen (secondary N) is 1. The number of amides is 1. The number of halogens is 1. The van der Waals surface area contributed by atoms with E-state index in [4.69, 9.17) is 0 Å². The normalized spacial score (nSPS) is 15.9. The molecule has 90 valence electrons. The van der Waals surface area contributed by atoms with E-state index in [9.17, 15) is 4.79 Å². The number of nitrogens with zero attached hydrogens (tertiary/aromatic N) is 2. The first-order valence-electron chi connectivity index (χ1n) is 5.14. The summed E-state index contributed by atoms with van der Waals surface area (Å²) < 4.78 is 1.85. The third-order valence-electron chi connectivity index (χ3n) is 2.39. The van der Waals surface area contributed by atoms with E-state index in [0.717, 1.165) is 17.3 Å². The molecule has 1 aliphatic carbocycles. The van der Waals surface area contributed by atoms with Crippen LogP contribution in [0.2, 0.25) is 0 Å². The summed E-state index contributed by atoms with van der Waals surface area (Å²) in [7, 11) is 1.89. The SMILES string of the molecule is Cl.Cn1ccsc1=NC(=O)CNCC1CC1. The molecule has 1 N–H and O–H groups in total. The van der Waals surface area contributed by atoms with Crippen LogP contribution in [-0.2, 0) is 11.8 Å². The Kier molecular flexibility index (Phi) is 5.18. The van der Waals surface area contributed by atoms with Gasteiger partial charge >= 0.3 is 0 Å². The second-order valence-corrected chi connectivity index (χ2v) is 4.75. The molecule has 0 unspecified atom stereocenters. The summed E-state index contributed by atoms with van der Waals surface area (Å²) in [6.07, 6.45) is 4.50. The lowest BCUT2D eigenvalue weighted by molar-refractivity contribution is -0.117. The summed E-state index contributed by atoms with van der Waals surface area (Å²) in [5, 5.41) is 5.05. The summed E-state index contributed by atoms with van der Waals surface area (Å²) in [6.45, 7) is 1.31. The highest BCUT2D eigenvalue weighted by Crippen LogP contribution is 2.27. The van der Waals surface area contributed by atoms with Gasteiger partial charge in [-0.05, 0) is 25.3 Å². The third kappa shape index (κ3) is 4.08. The first-order chi connectivity index (χ1) is 7.25. The van der Waals surface area contributed by atoms with Crippen molar-refractivity contribution in [3.05, 3.63) is 16.4 Å². The Labute approximate surface area is 105 Å². The van der Waals surface area contributed by atoms with Crippen LogP contribution < -0.4 is 10.1 Å². The lowest BCUT2D eigenvalue weighted by Crippen LogP contribution is -2.25. The van der Waals surface area contributed by atoms with Crippen molar-refractivity contribution >= 4 is 29.7 Å². The molecule has 1 aliphatic rings. The molecule has 4 nitrogen and oxygen atoms in total. The number of aromatic nitrogens is 1. The Morgan fingerprint density at radius 3 is 3.00 bits per heavy atom. The van der Waals surface area contributed by atoms with Gasteiger partial charge in [0.25, 0.3) is 5.91 Å². The monoisotopic (exact) mass is 261 g/mol. The molecule has 1 aromatic rings. The number of hydrogen-bond acceptors (Lipinski definition) is 3. The standard InChI is InChI=1S/C10H15N3OS.ClH/c1-13-4-5-15-10(13)12-9(14)7-11-6-8-2-3-8;/h4-5,8,11H,2-3,6-7H2,1H3;1H. The molecule has 0 aliphatic heterocycles. The lowest BCUT2D eigenvalue weighted by atomic mass is 10.4. The van der Waals surface area contributed by atoms with Crippen LogP contribution in [0, 0.1) is 5.92 Å². The number of thiazole rings is 1. The van der Waals surface area contributed by atoms with Crippen LogP contribution in [0.4, 0.5) is 0 Å². The molecule has 1 fully saturated rings. The molecule has 2 rings (SSSR count). The Hall–Kier alpha value is -0.650. The van der Waals surface area contributed by atoms with Gasteiger partial charge in [0.2, 0.25) is 0 Å². The van der Waals surface area contributed by atoms with Crippen molar-refractivity contribution in [2.75, 3.05) is 13.1 Å². The fraction of sp³-hybridized carbons (Fsp3) is 0.600. The van der Waals surface area contributed by atoms with Gasteiger partial charge in [0.05, 0.1) is 6.54 Å². The number of aryl methyl sites for hydroxylation is 1. The van der Waals surface area contributed by atoms with Gasteiger partial charge in [-0.1, -0.05) is 0 Å². The Morgan fingerprint density at radius 1 is 1.69 bits per heavy atom. The van der Waals surface area contributed by atoms with Crippen molar-refractivity contribution in [1.82, 2.24) is 9.88 Å². The Bertz CT molecular complexity index is 408. The average Bonchev–Trinajstić information content (AvgIpc) is 2.93. The summed E-state index contributed by atoms with van der Waals surface area (Å²) in [6, 6.07) is 0. The molecule has 0 bridgehead atoms. The van der Waals surface area contributed by atoms with Gasteiger partial charge in [-0.15, -0.1) is 23.7 Å². The molecule has 1 heterocycles. The molecule has 1 amide bonds. The zero-order chi connectivity index (χ0) is 10.7. The topological polar surface area (TPSA) is 46.4 Å². The van der Waals surface area contributed by atoms with Crippen molar-refractivity contribution in [3.8, 4) is 0 Å². The highest BCUT2D eigenvalue weighted by molar-refractivity contribution is 7.07. The van der Waals surface area contributed by atoms with Gasteiger partial charge in [0.15, 0.2) is 4.80 Å². The summed E-state index contributed by atoms with van der Waals surface area (Å²) >= 11 is 1.48. The molecular weight excluding hydrogens is 246 g/mol. The van der Waals surface area contributed by atoms with E-state index in [2.05, 4.69) is 10.3 Å². The van der Waals surface area contributed by atoms with E-state index < -0.39 is 0 Å². The zero-order valence-electron chi connectivity index (χ0n) is 9.18. The van der Waals surface area contributed by atoms with Crippen molar-refractivity contribution in [1.29, 1.82) is 0 Å². The number of rotatable bonds is 4. The lowest BCUT2D eigenvalue weighted by Gasteiger charge is -1.98. The molecule has 0 radical (unpaired) electrons. The van der Waals surface area contributed by atoms with Crippen molar-refractivity contribution in [2.45, 2.75) is 12.8 Å². The smallest absolute Gasteiger partial charge is 0.262 e. The molecule has 0 spiro atoms. The van der Waals surface area contributed by atoms with Crippen LogP contribution in [0.15, 0.2) is 16.6 Å². The van der Waals surface area contributed by atoms with Crippen LogP contribution in [0.25, 0.3) is 0 Å². The fourth-order valence-electron chi connectivity index (χ4n) is 1.29. The third-order valence-corrected chi connectivity index (χ3v) is 3.23. The summed E-state index contributed by atoms with van der Waals surface area (Å²) in [4.78, 5) is 16.2. The highest BCUT2D eigenvalue weighted by atomic mass is 35.5. The van der Waals surface area contributed by atoms with E-state index in [-0.39, 0.29) is 18.3 Å². The highest BCUT2D eigenvalue weighted by Gasteiger charge is 2.20. The molecule has 1 saturated carbocycles. The van der Waals surface area contributed by atoms with Gasteiger partial charge in [-0.2, -0.15) is 4.99 Å². The maximum Gasteiger partial charge on any atom is 0.262 e. The Balaban J connectivity index is 0.00000128. The molecule has 1 aromatic heterocycles. The van der Waals surface area contributed by atoms with Gasteiger partial charge in [0, 0.05) is 18.6 Å². The zero-order valence-corrected chi connectivity index (χ0v) is 10.8. The number of carbonyl (C=O) groups is 1. The van der Waals surface area contributed by atoms with Crippen LogP contribution in [-0.4, -0.2) is 23.6 Å². The number of hydrogen-bond donors (Lipinski definition) is 1. The van der Waals surface area contributed by atoms with Crippen LogP contribution in [0.3, 0.4) is 0 Å². The van der Waals surface area contributed by atoms with Crippen LogP contribution in [0.5, 0.6) is 0 Å². The molecule has 0 saturated heterocycles. The fourth-order valence-corrected chi connectivity index (χ4v) is 2.03. The summed E-state index contributed by atoms with van der Waals surface area (Å²) in [5.74, 6) is 0.712. The molecule has 6 heteroatoms. The largest absolute Gasteiger partial charge is 0.327 e. The van der Waals surface area contributed by atoms with Crippen LogP contribution in [0.1, 0.15) is 12.8 Å². The average molecular weight is 262 g/mol. The molecule has 0 aromatic carbocycles. The minimum absolute atomic E-state index is 0. The maximum atomic E-state index is 11.4. The van der Waals surface area contributed by atoms with Gasteiger partial charge in [0.1, 0.15) is 0 Å². The van der Waals surface area contributed by atoms with Crippen LogP contribution >= 0.6 is 23.7 Å². The second kappa shape index (κ2) is 6.18. The van der Waals surface area contributed by atoms with E-state index in [0.29, 0.717) is 6.54 Å². The van der Waals surface area contributed by atoms with Crippen molar-refractivity contribution in [3.63, 3.8) is 0 Å².